The Kier molecular flexibility index (Phi) is 3.07. The predicted octanol–water partition coefficient (Wildman–Crippen LogP) is 4.13. The summed E-state index contributed by atoms with van der Waals surface area (Å²) < 4.78 is 1.04. The van der Waals surface area contributed by atoms with Crippen molar-refractivity contribution in [1.29, 1.82) is 0 Å². The number of hydrogen-bond acceptors (Lipinski definition) is 3. The second-order valence-corrected chi connectivity index (χ2v) is 6.24. The number of rotatable bonds is 1. The van der Waals surface area contributed by atoms with Gasteiger partial charge in [0.2, 0.25) is 0 Å². The molecule has 100 valence electrons. The van der Waals surface area contributed by atoms with Gasteiger partial charge in [0.1, 0.15) is 0 Å². The molecular weight excluding hydrogens is 266 g/mol. The molecular formula is C17H15NOS. The molecule has 0 aliphatic rings. The van der Waals surface area contributed by atoms with Crippen molar-refractivity contribution in [2.75, 3.05) is 5.73 Å². The maximum atomic E-state index is 12.8. The maximum absolute atomic E-state index is 12.8. The van der Waals surface area contributed by atoms with Crippen molar-refractivity contribution in [2.24, 2.45) is 0 Å². The molecule has 0 unspecified atom stereocenters. The van der Waals surface area contributed by atoms with Crippen LogP contribution in [0.5, 0.6) is 0 Å². The van der Waals surface area contributed by atoms with Crippen LogP contribution in [0.4, 0.5) is 5.69 Å². The molecule has 0 fully saturated rings. The minimum absolute atomic E-state index is 0.102. The number of anilines is 1. The Hall–Kier alpha value is -2.13. The first-order chi connectivity index (χ1) is 9.56. The summed E-state index contributed by atoms with van der Waals surface area (Å²) in [5.74, 6) is 0. The Morgan fingerprint density at radius 1 is 1.00 bits per heavy atom. The average molecular weight is 281 g/mol. The Bertz CT molecular complexity index is 847. The van der Waals surface area contributed by atoms with Gasteiger partial charge in [-0.15, -0.1) is 11.3 Å². The van der Waals surface area contributed by atoms with Crippen LogP contribution in [-0.4, -0.2) is 0 Å². The Morgan fingerprint density at radius 2 is 1.70 bits per heavy atom. The lowest BCUT2D eigenvalue weighted by atomic mass is 10.0. The van der Waals surface area contributed by atoms with Crippen LogP contribution in [0.3, 0.4) is 0 Å². The van der Waals surface area contributed by atoms with Crippen LogP contribution in [0.25, 0.3) is 21.2 Å². The molecule has 3 heteroatoms. The highest BCUT2D eigenvalue weighted by Gasteiger charge is 2.11. The lowest BCUT2D eigenvalue weighted by molar-refractivity contribution is 1.49. The summed E-state index contributed by atoms with van der Waals surface area (Å²) in [7, 11) is 0. The van der Waals surface area contributed by atoms with E-state index in [2.05, 4.69) is 0 Å². The van der Waals surface area contributed by atoms with E-state index >= 15 is 0 Å². The molecule has 0 aliphatic heterocycles. The van der Waals surface area contributed by atoms with Crippen LogP contribution in [0, 0.1) is 13.8 Å². The van der Waals surface area contributed by atoms with Gasteiger partial charge in [-0.05, 0) is 43.7 Å². The van der Waals surface area contributed by atoms with Crippen molar-refractivity contribution in [1.82, 2.24) is 0 Å². The van der Waals surface area contributed by atoms with Gasteiger partial charge in [0.25, 0.3) is 0 Å². The fraction of sp³-hybridized carbons (Fsp3) is 0.118. The van der Waals surface area contributed by atoms with Gasteiger partial charge in [-0.1, -0.05) is 23.8 Å². The minimum atomic E-state index is 0.102. The van der Waals surface area contributed by atoms with E-state index in [1.165, 1.54) is 0 Å². The predicted molar refractivity (Wildman–Crippen MR) is 87.4 cm³/mol. The molecule has 3 aromatic rings. The highest BCUT2D eigenvalue weighted by molar-refractivity contribution is 7.18. The first kappa shape index (κ1) is 12.9. The third kappa shape index (κ3) is 2.10. The molecule has 0 spiro atoms. The van der Waals surface area contributed by atoms with Gasteiger partial charge in [-0.25, -0.2) is 0 Å². The molecule has 2 nitrogen and oxygen atoms in total. The van der Waals surface area contributed by atoms with E-state index in [4.69, 9.17) is 5.73 Å². The molecule has 0 bridgehead atoms. The molecule has 1 heterocycles. The van der Waals surface area contributed by atoms with Gasteiger partial charge in [0, 0.05) is 26.2 Å². The van der Waals surface area contributed by atoms with Crippen molar-refractivity contribution in [3.63, 3.8) is 0 Å². The summed E-state index contributed by atoms with van der Waals surface area (Å²) in [5.41, 5.74) is 9.35. The molecule has 0 saturated heterocycles. The number of hydrogen-bond donors (Lipinski definition) is 1. The third-order valence-electron chi connectivity index (χ3n) is 3.42. The summed E-state index contributed by atoms with van der Waals surface area (Å²) in [6.45, 7) is 4.00. The van der Waals surface area contributed by atoms with Gasteiger partial charge in [0.05, 0.1) is 0 Å². The largest absolute Gasteiger partial charge is 0.399 e. The van der Waals surface area contributed by atoms with Crippen molar-refractivity contribution in [2.45, 2.75) is 13.8 Å². The first-order valence-electron chi connectivity index (χ1n) is 6.46. The lowest BCUT2D eigenvalue weighted by Gasteiger charge is -2.08. The SMILES string of the molecule is Cc1ccc2sc(C)c(-c3ccc(N)cc3)c(=O)c2c1. The van der Waals surface area contributed by atoms with Crippen LogP contribution in [0.2, 0.25) is 0 Å². The zero-order chi connectivity index (χ0) is 14.3. The van der Waals surface area contributed by atoms with Crippen molar-refractivity contribution in [3.8, 4) is 11.1 Å². The normalized spacial score (nSPS) is 10.9. The summed E-state index contributed by atoms with van der Waals surface area (Å²) in [6.07, 6.45) is 0. The smallest absolute Gasteiger partial charge is 0.196 e. The fourth-order valence-corrected chi connectivity index (χ4v) is 3.45. The number of nitrogens with two attached hydrogens (primary N) is 1. The highest BCUT2D eigenvalue weighted by atomic mass is 32.1. The van der Waals surface area contributed by atoms with Gasteiger partial charge in [0.15, 0.2) is 5.43 Å². The molecule has 3 rings (SSSR count). The first-order valence-corrected chi connectivity index (χ1v) is 7.28. The molecule has 0 amide bonds. The van der Waals surface area contributed by atoms with E-state index in [1.807, 2.05) is 56.3 Å². The Balaban J connectivity index is 2.36. The third-order valence-corrected chi connectivity index (χ3v) is 4.51. The van der Waals surface area contributed by atoms with Crippen molar-refractivity contribution in [3.05, 3.63) is 63.1 Å². The molecule has 2 N–H and O–H groups in total. The Labute approximate surface area is 121 Å². The molecule has 0 atom stereocenters. The summed E-state index contributed by atoms with van der Waals surface area (Å²) in [4.78, 5) is 13.8. The topological polar surface area (TPSA) is 43.1 Å². The highest BCUT2D eigenvalue weighted by Crippen LogP contribution is 2.29. The van der Waals surface area contributed by atoms with Crippen molar-refractivity contribution < 1.29 is 0 Å². The number of fused-ring (bicyclic) bond motifs is 1. The van der Waals surface area contributed by atoms with E-state index in [0.717, 1.165) is 31.7 Å². The number of aryl methyl sites for hydroxylation is 2. The van der Waals surface area contributed by atoms with E-state index in [0.29, 0.717) is 5.69 Å². The summed E-state index contributed by atoms with van der Waals surface area (Å²) in [6, 6.07) is 13.5. The lowest BCUT2D eigenvalue weighted by Crippen LogP contribution is -2.06. The van der Waals surface area contributed by atoms with E-state index < -0.39 is 0 Å². The van der Waals surface area contributed by atoms with Crippen LogP contribution in [-0.2, 0) is 0 Å². The zero-order valence-corrected chi connectivity index (χ0v) is 12.3. The van der Waals surface area contributed by atoms with Crippen LogP contribution in [0.1, 0.15) is 10.4 Å². The average Bonchev–Trinajstić information content (AvgIpc) is 2.42. The number of nitrogen functional groups attached to an aromatic ring is 1. The fourth-order valence-electron chi connectivity index (χ4n) is 2.40. The van der Waals surface area contributed by atoms with Gasteiger partial charge in [-0.2, -0.15) is 0 Å². The number of benzene rings is 2. The van der Waals surface area contributed by atoms with Gasteiger partial charge < -0.3 is 5.73 Å². The molecule has 2 aromatic carbocycles. The monoisotopic (exact) mass is 281 g/mol. The summed E-state index contributed by atoms with van der Waals surface area (Å²) in [5, 5.41) is 0.799. The standard InChI is InChI=1S/C17H15NOS/c1-10-3-8-15-14(9-10)17(19)16(11(2)20-15)12-4-6-13(18)7-5-12/h3-9H,18H2,1-2H3. The van der Waals surface area contributed by atoms with Gasteiger partial charge in [-0.3, -0.25) is 4.79 Å². The second kappa shape index (κ2) is 4.76. The van der Waals surface area contributed by atoms with E-state index in [-0.39, 0.29) is 5.43 Å². The summed E-state index contributed by atoms with van der Waals surface area (Å²) >= 11 is 1.66. The molecule has 1 aromatic heterocycles. The van der Waals surface area contributed by atoms with Crippen LogP contribution < -0.4 is 11.2 Å². The second-order valence-electron chi connectivity index (χ2n) is 4.98. The van der Waals surface area contributed by atoms with Crippen molar-refractivity contribution >= 4 is 27.1 Å². The molecule has 0 aliphatic carbocycles. The zero-order valence-electron chi connectivity index (χ0n) is 11.4. The van der Waals surface area contributed by atoms with Gasteiger partial charge >= 0.3 is 0 Å². The molecule has 0 saturated carbocycles. The van der Waals surface area contributed by atoms with Crippen LogP contribution in [0.15, 0.2) is 47.3 Å². The molecule has 20 heavy (non-hydrogen) atoms. The minimum Gasteiger partial charge on any atom is -0.399 e. The van der Waals surface area contributed by atoms with Crippen LogP contribution >= 0.6 is 11.3 Å². The molecule has 0 radical (unpaired) electrons. The van der Waals surface area contributed by atoms with E-state index in [9.17, 15) is 4.79 Å². The quantitative estimate of drug-likeness (QED) is 0.682. The Morgan fingerprint density at radius 3 is 2.40 bits per heavy atom. The maximum Gasteiger partial charge on any atom is 0.196 e. The van der Waals surface area contributed by atoms with E-state index in [1.54, 1.807) is 11.3 Å².